The van der Waals surface area contributed by atoms with Crippen LogP contribution in [0.15, 0.2) is 24.3 Å². The maximum Gasteiger partial charge on any atom is 0.308 e. The summed E-state index contributed by atoms with van der Waals surface area (Å²) in [4.78, 5) is 28.2. The second-order valence-corrected chi connectivity index (χ2v) is 5.97. The van der Waals surface area contributed by atoms with Gasteiger partial charge in [0.2, 0.25) is 0 Å². The number of halogens is 1. The quantitative estimate of drug-likeness (QED) is 0.895. The SMILES string of the molecule is CC1CC(C(=O)O)CN(C(=O)c2cc3c(F)cccc3[nH]2)C1. The summed E-state index contributed by atoms with van der Waals surface area (Å²) in [6, 6.07) is 6.11. The van der Waals surface area contributed by atoms with Crippen molar-refractivity contribution in [2.45, 2.75) is 13.3 Å². The Morgan fingerprint density at radius 2 is 2.14 bits per heavy atom. The number of hydrogen-bond donors (Lipinski definition) is 2. The second-order valence-electron chi connectivity index (χ2n) is 5.97. The highest BCUT2D eigenvalue weighted by Crippen LogP contribution is 2.25. The molecule has 1 saturated heterocycles. The number of carbonyl (C=O) groups is 2. The lowest BCUT2D eigenvalue weighted by Crippen LogP contribution is -2.45. The van der Waals surface area contributed by atoms with Gasteiger partial charge < -0.3 is 15.0 Å². The zero-order valence-electron chi connectivity index (χ0n) is 12.2. The molecule has 22 heavy (non-hydrogen) atoms. The molecule has 2 heterocycles. The maximum absolute atomic E-state index is 13.7. The molecule has 0 radical (unpaired) electrons. The molecule has 1 amide bonds. The molecule has 116 valence electrons. The number of hydrogen-bond acceptors (Lipinski definition) is 2. The van der Waals surface area contributed by atoms with Crippen molar-refractivity contribution in [2.75, 3.05) is 13.1 Å². The van der Waals surface area contributed by atoms with E-state index in [1.165, 1.54) is 17.0 Å². The fourth-order valence-electron chi connectivity index (χ4n) is 3.10. The minimum absolute atomic E-state index is 0.125. The van der Waals surface area contributed by atoms with E-state index in [0.717, 1.165) is 0 Å². The Kier molecular flexibility index (Phi) is 3.60. The highest BCUT2D eigenvalue weighted by atomic mass is 19.1. The van der Waals surface area contributed by atoms with Crippen LogP contribution in [0.4, 0.5) is 4.39 Å². The number of benzene rings is 1. The molecule has 5 nitrogen and oxygen atoms in total. The van der Waals surface area contributed by atoms with Crippen LogP contribution in [0.2, 0.25) is 0 Å². The summed E-state index contributed by atoms with van der Waals surface area (Å²) in [5.41, 5.74) is 0.849. The summed E-state index contributed by atoms with van der Waals surface area (Å²) in [6.45, 7) is 2.64. The summed E-state index contributed by atoms with van der Waals surface area (Å²) >= 11 is 0. The number of piperidine rings is 1. The second kappa shape index (κ2) is 5.44. The van der Waals surface area contributed by atoms with Crippen molar-refractivity contribution in [1.82, 2.24) is 9.88 Å². The molecule has 1 aromatic heterocycles. The molecule has 0 spiro atoms. The van der Waals surface area contributed by atoms with Crippen LogP contribution in [-0.4, -0.2) is 40.0 Å². The Morgan fingerprint density at radius 3 is 2.82 bits per heavy atom. The third-order valence-corrected chi connectivity index (χ3v) is 4.14. The summed E-state index contributed by atoms with van der Waals surface area (Å²) < 4.78 is 13.7. The number of likely N-dealkylation sites (tertiary alicyclic amines) is 1. The average molecular weight is 304 g/mol. The number of nitrogens with zero attached hydrogens (tertiary/aromatic N) is 1. The van der Waals surface area contributed by atoms with Gasteiger partial charge in [0.1, 0.15) is 11.5 Å². The number of H-pyrrole nitrogens is 1. The predicted molar refractivity (Wildman–Crippen MR) is 79.1 cm³/mol. The number of amides is 1. The zero-order chi connectivity index (χ0) is 15.9. The highest BCUT2D eigenvalue weighted by molar-refractivity contribution is 5.98. The van der Waals surface area contributed by atoms with E-state index in [4.69, 9.17) is 0 Å². The molecule has 0 aliphatic carbocycles. The lowest BCUT2D eigenvalue weighted by Gasteiger charge is -2.34. The zero-order valence-corrected chi connectivity index (χ0v) is 12.2. The van der Waals surface area contributed by atoms with E-state index < -0.39 is 11.9 Å². The van der Waals surface area contributed by atoms with Gasteiger partial charge in [-0.25, -0.2) is 4.39 Å². The number of aromatic amines is 1. The van der Waals surface area contributed by atoms with Crippen LogP contribution < -0.4 is 0 Å². The first kappa shape index (κ1) is 14.6. The van der Waals surface area contributed by atoms with Gasteiger partial charge >= 0.3 is 5.97 Å². The molecular formula is C16H17FN2O3. The molecular weight excluding hydrogens is 287 g/mol. The Bertz CT molecular complexity index is 740. The van der Waals surface area contributed by atoms with Crippen molar-refractivity contribution in [2.24, 2.45) is 11.8 Å². The number of carbonyl (C=O) groups excluding carboxylic acids is 1. The standard InChI is InChI=1S/C16H17FN2O3/c1-9-5-10(16(21)22)8-19(7-9)15(20)14-6-11-12(17)3-2-4-13(11)18-14/h2-4,6,9-10,18H,5,7-8H2,1H3,(H,21,22). The Morgan fingerprint density at radius 1 is 1.36 bits per heavy atom. The smallest absolute Gasteiger partial charge is 0.308 e. The number of fused-ring (bicyclic) bond motifs is 1. The van der Waals surface area contributed by atoms with Crippen molar-refractivity contribution in [3.05, 3.63) is 35.8 Å². The lowest BCUT2D eigenvalue weighted by molar-refractivity contribution is -0.143. The Hall–Kier alpha value is -2.37. The monoisotopic (exact) mass is 304 g/mol. The van der Waals surface area contributed by atoms with E-state index >= 15 is 0 Å². The van der Waals surface area contributed by atoms with Gasteiger partial charge in [0.05, 0.1) is 5.92 Å². The summed E-state index contributed by atoms with van der Waals surface area (Å²) in [5.74, 6) is -1.97. The van der Waals surface area contributed by atoms with Crippen molar-refractivity contribution in [3.63, 3.8) is 0 Å². The van der Waals surface area contributed by atoms with E-state index in [-0.39, 0.29) is 24.2 Å². The van der Waals surface area contributed by atoms with Gasteiger partial charge in [-0.3, -0.25) is 9.59 Å². The van der Waals surface area contributed by atoms with Gasteiger partial charge in [0.25, 0.3) is 5.91 Å². The molecule has 6 heteroatoms. The van der Waals surface area contributed by atoms with Crippen LogP contribution in [0.1, 0.15) is 23.8 Å². The number of nitrogens with one attached hydrogen (secondary N) is 1. The van der Waals surface area contributed by atoms with Gasteiger partial charge in [0, 0.05) is 24.0 Å². The molecule has 1 fully saturated rings. The van der Waals surface area contributed by atoms with Gasteiger partial charge in [-0.2, -0.15) is 0 Å². The molecule has 2 unspecified atom stereocenters. The molecule has 0 saturated carbocycles. The van der Waals surface area contributed by atoms with Gasteiger partial charge in [0.15, 0.2) is 0 Å². The number of carboxylic acids is 1. The first-order valence-electron chi connectivity index (χ1n) is 7.25. The Balaban J connectivity index is 1.88. The largest absolute Gasteiger partial charge is 0.481 e. The number of carboxylic acid groups (broad SMARTS) is 1. The fourth-order valence-corrected chi connectivity index (χ4v) is 3.10. The van der Waals surface area contributed by atoms with Crippen LogP contribution >= 0.6 is 0 Å². The van der Waals surface area contributed by atoms with Crippen molar-refractivity contribution in [3.8, 4) is 0 Å². The van der Waals surface area contributed by atoms with Gasteiger partial charge in [-0.15, -0.1) is 0 Å². The van der Waals surface area contributed by atoms with E-state index in [1.54, 1.807) is 12.1 Å². The topological polar surface area (TPSA) is 73.4 Å². The lowest BCUT2D eigenvalue weighted by atomic mass is 9.90. The third-order valence-electron chi connectivity index (χ3n) is 4.14. The molecule has 1 aliphatic heterocycles. The maximum atomic E-state index is 13.7. The summed E-state index contributed by atoms with van der Waals surface area (Å²) in [7, 11) is 0. The summed E-state index contributed by atoms with van der Waals surface area (Å²) in [5, 5.41) is 9.55. The molecule has 2 aromatic rings. The molecule has 3 rings (SSSR count). The van der Waals surface area contributed by atoms with E-state index in [1.807, 2.05) is 6.92 Å². The van der Waals surface area contributed by atoms with Crippen LogP contribution in [-0.2, 0) is 4.79 Å². The summed E-state index contributed by atoms with van der Waals surface area (Å²) in [6.07, 6.45) is 0.570. The minimum atomic E-state index is -0.882. The van der Waals surface area contributed by atoms with Gasteiger partial charge in [-0.1, -0.05) is 13.0 Å². The average Bonchev–Trinajstić information content (AvgIpc) is 2.91. The van der Waals surface area contributed by atoms with Crippen LogP contribution in [0.25, 0.3) is 10.9 Å². The first-order valence-corrected chi connectivity index (χ1v) is 7.25. The van der Waals surface area contributed by atoms with Crippen LogP contribution in [0, 0.1) is 17.7 Å². The molecule has 1 aromatic carbocycles. The molecule has 1 aliphatic rings. The van der Waals surface area contributed by atoms with Crippen molar-refractivity contribution >= 4 is 22.8 Å². The number of rotatable bonds is 2. The number of aliphatic carboxylic acids is 1. The molecule has 2 N–H and O–H groups in total. The normalized spacial score (nSPS) is 22.0. The Labute approximate surface area is 126 Å². The van der Waals surface area contributed by atoms with Gasteiger partial charge in [-0.05, 0) is 30.5 Å². The third kappa shape index (κ3) is 2.56. The van der Waals surface area contributed by atoms with E-state index in [9.17, 15) is 19.1 Å². The van der Waals surface area contributed by atoms with E-state index in [2.05, 4.69) is 4.98 Å². The number of aromatic nitrogens is 1. The first-order chi connectivity index (χ1) is 10.5. The molecule has 2 atom stereocenters. The predicted octanol–water partition coefficient (Wildman–Crippen LogP) is 2.49. The van der Waals surface area contributed by atoms with Crippen molar-refractivity contribution in [1.29, 1.82) is 0 Å². The van der Waals surface area contributed by atoms with Crippen molar-refractivity contribution < 1.29 is 19.1 Å². The minimum Gasteiger partial charge on any atom is -0.481 e. The van der Waals surface area contributed by atoms with Crippen LogP contribution in [0.5, 0.6) is 0 Å². The molecule has 0 bridgehead atoms. The van der Waals surface area contributed by atoms with E-state index in [0.29, 0.717) is 29.6 Å². The highest BCUT2D eigenvalue weighted by Gasteiger charge is 2.32. The fraction of sp³-hybridized carbons (Fsp3) is 0.375. The van der Waals surface area contributed by atoms with Crippen LogP contribution in [0.3, 0.4) is 0 Å².